The summed E-state index contributed by atoms with van der Waals surface area (Å²) in [7, 11) is 0. The number of oxazole rings is 1. The van der Waals surface area contributed by atoms with E-state index in [4.69, 9.17) is 9.15 Å². The molecule has 6 heteroatoms. The summed E-state index contributed by atoms with van der Waals surface area (Å²) in [5.41, 5.74) is 2.68. The molecule has 0 N–H and O–H groups in total. The first-order valence-corrected chi connectivity index (χ1v) is 8.30. The molecule has 2 aromatic heterocycles. The zero-order chi connectivity index (χ0) is 16.4. The molecule has 6 nitrogen and oxygen atoms in total. The van der Waals surface area contributed by atoms with E-state index in [0.717, 1.165) is 48.7 Å². The molecule has 1 saturated heterocycles. The van der Waals surface area contributed by atoms with Crippen LogP contribution in [-0.2, 0) is 0 Å². The van der Waals surface area contributed by atoms with Crippen LogP contribution in [0.5, 0.6) is 5.88 Å². The number of ether oxygens (including phenoxy) is 1. The SMILES string of the molecule is Cc1cc(OCC2CCN(c3nc4ccccc4o3)CC2)ncn1. The number of piperidine rings is 1. The summed E-state index contributed by atoms with van der Waals surface area (Å²) in [5, 5.41) is 0. The molecule has 3 aromatic rings. The van der Waals surface area contributed by atoms with Gasteiger partial charge in [-0.2, -0.15) is 4.98 Å². The van der Waals surface area contributed by atoms with Crippen molar-refractivity contribution in [2.75, 3.05) is 24.6 Å². The van der Waals surface area contributed by atoms with E-state index in [-0.39, 0.29) is 0 Å². The number of hydrogen-bond donors (Lipinski definition) is 0. The zero-order valence-electron chi connectivity index (χ0n) is 13.7. The predicted octanol–water partition coefficient (Wildman–Crippen LogP) is 3.22. The molecule has 0 radical (unpaired) electrons. The quantitative estimate of drug-likeness (QED) is 0.734. The molecule has 0 unspecified atom stereocenters. The molecular weight excluding hydrogens is 304 g/mol. The van der Waals surface area contributed by atoms with E-state index in [2.05, 4.69) is 19.9 Å². The van der Waals surface area contributed by atoms with Crippen LogP contribution in [0.2, 0.25) is 0 Å². The van der Waals surface area contributed by atoms with Crippen molar-refractivity contribution >= 4 is 17.1 Å². The molecule has 0 saturated carbocycles. The molecule has 0 spiro atoms. The van der Waals surface area contributed by atoms with Gasteiger partial charge in [0.15, 0.2) is 5.58 Å². The highest BCUT2D eigenvalue weighted by Crippen LogP contribution is 2.26. The highest BCUT2D eigenvalue weighted by atomic mass is 16.5. The molecule has 3 heterocycles. The van der Waals surface area contributed by atoms with Gasteiger partial charge in [0, 0.05) is 24.8 Å². The Morgan fingerprint density at radius 1 is 1.21 bits per heavy atom. The lowest BCUT2D eigenvalue weighted by atomic mass is 9.98. The maximum Gasteiger partial charge on any atom is 0.298 e. The fraction of sp³-hybridized carbons (Fsp3) is 0.389. The number of rotatable bonds is 4. The smallest absolute Gasteiger partial charge is 0.298 e. The molecule has 4 rings (SSSR count). The first-order valence-electron chi connectivity index (χ1n) is 8.30. The van der Waals surface area contributed by atoms with E-state index < -0.39 is 0 Å². The fourth-order valence-corrected chi connectivity index (χ4v) is 3.00. The zero-order valence-corrected chi connectivity index (χ0v) is 13.7. The summed E-state index contributed by atoms with van der Waals surface area (Å²) >= 11 is 0. The Balaban J connectivity index is 1.33. The number of anilines is 1. The van der Waals surface area contributed by atoms with Crippen LogP contribution in [0.3, 0.4) is 0 Å². The van der Waals surface area contributed by atoms with Gasteiger partial charge in [0.05, 0.1) is 6.61 Å². The lowest BCUT2D eigenvalue weighted by Crippen LogP contribution is -2.35. The monoisotopic (exact) mass is 324 g/mol. The topological polar surface area (TPSA) is 64.3 Å². The van der Waals surface area contributed by atoms with Crippen LogP contribution < -0.4 is 9.64 Å². The largest absolute Gasteiger partial charge is 0.477 e. The van der Waals surface area contributed by atoms with E-state index in [1.165, 1.54) is 0 Å². The highest BCUT2D eigenvalue weighted by molar-refractivity contribution is 5.74. The van der Waals surface area contributed by atoms with E-state index in [1.54, 1.807) is 6.33 Å². The third-order valence-corrected chi connectivity index (χ3v) is 4.41. The second-order valence-corrected chi connectivity index (χ2v) is 6.20. The molecule has 1 aliphatic rings. The van der Waals surface area contributed by atoms with Gasteiger partial charge in [-0.25, -0.2) is 9.97 Å². The van der Waals surface area contributed by atoms with E-state index in [1.807, 2.05) is 37.3 Å². The third-order valence-electron chi connectivity index (χ3n) is 4.41. The third kappa shape index (κ3) is 3.18. The van der Waals surface area contributed by atoms with Gasteiger partial charge >= 0.3 is 0 Å². The summed E-state index contributed by atoms with van der Waals surface area (Å²) in [6, 6.07) is 10.5. The van der Waals surface area contributed by atoms with Crippen LogP contribution in [0, 0.1) is 12.8 Å². The molecular formula is C18H20N4O2. The predicted molar refractivity (Wildman–Crippen MR) is 91.2 cm³/mol. The maximum absolute atomic E-state index is 5.85. The number of nitrogens with zero attached hydrogens (tertiary/aromatic N) is 4. The highest BCUT2D eigenvalue weighted by Gasteiger charge is 2.23. The lowest BCUT2D eigenvalue weighted by Gasteiger charge is -2.30. The Bertz CT molecular complexity index is 792. The molecule has 0 aliphatic carbocycles. The molecule has 0 amide bonds. The minimum Gasteiger partial charge on any atom is -0.477 e. The first kappa shape index (κ1) is 14.9. The van der Waals surface area contributed by atoms with Gasteiger partial charge in [-0.1, -0.05) is 12.1 Å². The Morgan fingerprint density at radius 2 is 2.04 bits per heavy atom. The van der Waals surface area contributed by atoms with Crippen LogP contribution in [0.4, 0.5) is 6.01 Å². The van der Waals surface area contributed by atoms with E-state index in [9.17, 15) is 0 Å². The lowest BCUT2D eigenvalue weighted by molar-refractivity contribution is 0.214. The van der Waals surface area contributed by atoms with Crippen molar-refractivity contribution in [1.29, 1.82) is 0 Å². The molecule has 1 fully saturated rings. The Labute approximate surface area is 140 Å². The number of benzene rings is 1. The average molecular weight is 324 g/mol. The Hall–Kier alpha value is -2.63. The van der Waals surface area contributed by atoms with Crippen LogP contribution >= 0.6 is 0 Å². The second-order valence-electron chi connectivity index (χ2n) is 6.20. The number of para-hydroxylation sites is 2. The van der Waals surface area contributed by atoms with Crippen molar-refractivity contribution in [3.05, 3.63) is 42.4 Å². The first-order chi connectivity index (χ1) is 11.8. The summed E-state index contributed by atoms with van der Waals surface area (Å²) in [5.74, 6) is 1.18. The molecule has 0 atom stereocenters. The van der Waals surface area contributed by atoms with Gasteiger partial charge in [-0.3, -0.25) is 0 Å². The van der Waals surface area contributed by atoms with Gasteiger partial charge < -0.3 is 14.1 Å². The minimum absolute atomic E-state index is 0.529. The van der Waals surface area contributed by atoms with Crippen molar-refractivity contribution in [1.82, 2.24) is 15.0 Å². The van der Waals surface area contributed by atoms with Crippen molar-refractivity contribution < 1.29 is 9.15 Å². The van der Waals surface area contributed by atoms with Gasteiger partial charge in [0.1, 0.15) is 11.8 Å². The Morgan fingerprint density at radius 3 is 2.83 bits per heavy atom. The van der Waals surface area contributed by atoms with Crippen molar-refractivity contribution in [3.63, 3.8) is 0 Å². The number of aryl methyl sites for hydroxylation is 1. The van der Waals surface area contributed by atoms with E-state index >= 15 is 0 Å². The van der Waals surface area contributed by atoms with Gasteiger partial charge in [0.25, 0.3) is 6.01 Å². The van der Waals surface area contributed by atoms with Gasteiger partial charge in [-0.05, 0) is 37.8 Å². The molecule has 1 aliphatic heterocycles. The van der Waals surface area contributed by atoms with Crippen molar-refractivity contribution in [3.8, 4) is 5.88 Å². The van der Waals surface area contributed by atoms with Gasteiger partial charge in [-0.15, -0.1) is 0 Å². The molecule has 1 aromatic carbocycles. The fourth-order valence-electron chi connectivity index (χ4n) is 3.00. The number of fused-ring (bicyclic) bond motifs is 1. The number of aromatic nitrogens is 3. The van der Waals surface area contributed by atoms with Crippen molar-refractivity contribution in [2.24, 2.45) is 5.92 Å². The van der Waals surface area contributed by atoms with Crippen LogP contribution in [-0.4, -0.2) is 34.6 Å². The second kappa shape index (κ2) is 6.47. The molecule has 24 heavy (non-hydrogen) atoms. The van der Waals surface area contributed by atoms with Crippen LogP contribution in [0.15, 0.2) is 41.1 Å². The summed E-state index contributed by atoms with van der Waals surface area (Å²) in [4.78, 5) is 15.0. The van der Waals surface area contributed by atoms with E-state index in [0.29, 0.717) is 18.4 Å². The standard InChI is InChI=1S/C18H20N4O2/c1-13-10-17(20-12-19-13)23-11-14-6-8-22(9-7-14)18-21-15-4-2-3-5-16(15)24-18/h2-5,10,12,14H,6-9,11H2,1H3. The molecule has 0 bridgehead atoms. The minimum atomic E-state index is 0.529. The summed E-state index contributed by atoms with van der Waals surface area (Å²) in [6.07, 6.45) is 3.66. The summed E-state index contributed by atoms with van der Waals surface area (Å²) < 4.78 is 11.7. The maximum atomic E-state index is 5.85. The summed E-state index contributed by atoms with van der Waals surface area (Å²) in [6.45, 7) is 4.50. The molecule has 124 valence electrons. The average Bonchev–Trinajstić information content (AvgIpc) is 3.05. The van der Waals surface area contributed by atoms with Crippen LogP contribution in [0.25, 0.3) is 11.1 Å². The normalized spacial score (nSPS) is 15.8. The van der Waals surface area contributed by atoms with Crippen molar-refractivity contribution in [2.45, 2.75) is 19.8 Å². The number of hydrogen-bond acceptors (Lipinski definition) is 6. The van der Waals surface area contributed by atoms with Crippen LogP contribution in [0.1, 0.15) is 18.5 Å². The Kier molecular flexibility index (Phi) is 4.02. The van der Waals surface area contributed by atoms with Gasteiger partial charge in [0.2, 0.25) is 5.88 Å².